The first kappa shape index (κ1) is 17.7. The Labute approximate surface area is 143 Å². The molecule has 0 radical (unpaired) electrons. The SMILES string of the molecule is CCC[NH+](CC(=O)Nc1ccccc1C)Cc1ccccc1C#N. The second-order valence-corrected chi connectivity index (χ2v) is 5.99. The van der Waals surface area contributed by atoms with E-state index in [0.717, 1.165) is 34.7 Å². The predicted molar refractivity (Wildman–Crippen MR) is 95.7 cm³/mol. The summed E-state index contributed by atoms with van der Waals surface area (Å²) in [5.74, 6) is 0.00203. The molecule has 4 heteroatoms. The first-order chi connectivity index (χ1) is 11.6. The van der Waals surface area contributed by atoms with Crippen LogP contribution in [0.4, 0.5) is 5.69 Å². The standard InChI is InChI=1S/C20H23N3O/c1-3-12-23(14-18-10-6-5-9-17(18)13-21)15-20(24)22-19-11-7-4-8-16(19)2/h4-11H,3,12,14-15H2,1-2H3,(H,22,24)/p+1. The molecule has 1 unspecified atom stereocenters. The Morgan fingerprint density at radius 1 is 1.17 bits per heavy atom. The van der Waals surface area contributed by atoms with E-state index in [0.29, 0.717) is 18.7 Å². The summed E-state index contributed by atoms with van der Waals surface area (Å²) < 4.78 is 0. The third-order valence-corrected chi connectivity index (χ3v) is 4.01. The molecule has 124 valence electrons. The van der Waals surface area contributed by atoms with Crippen molar-refractivity contribution in [3.63, 3.8) is 0 Å². The van der Waals surface area contributed by atoms with Crippen molar-refractivity contribution in [1.29, 1.82) is 5.26 Å². The van der Waals surface area contributed by atoms with Crippen LogP contribution in [0.5, 0.6) is 0 Å². The Morgan fingerprint density at radius 3 is 2.58 bits per heavy atom. The van der Waals surface area contributed by atoms with Crippen molar-refractivity contribution < 1.29 is 9.69 Å². The van der Waals surface area contributed by atoms with Crippen LogP contribution in [0.2, 0.25) is 0 Å². The summed E-state index contributed by atoms with van der Waals surface area (Å²) in [4.78, 5) is 13.6. The highest BCUT2D eigenvalue weighted by atomic mass is 16.2. The van der Waals surface area contributed by atoms with E-state index < -0.39 is 0 Å². The fourth-order valence-electron chi connectivity index (χ4n) is 2.78. The number of carbonyl (C=O) groups is 1. The molecule has 1 atom stereocenters. The van der Waals surface area contributed by atoms with Crippen molar-refractivity contribution in [3.05, 3.63) is 65.2 Å². The summed E-state index contributed by atoms with van der Waals surface area (Å²) in [6.07, 6.45) is 0.988. The summed E-state index contributed by atoms with van der Waals surface area (Å²) in [7, 11) is 0. The highest BCUT2D eigenvalue weighted by molar-refractivity contribution is 5.92. The van der Waals surface area contributed by atoms with Crippen LogP contribution in [0, 0.1) is 18.3 Å². The van der Waals surface area contributed by atoms with E-state index in [2.05, 4.69) is 18.3 Å². The molecule has 24 heavy (non-hydrogen) atoms. The zero-order chi connectivity index (χ0) is 17.4. The lowest BCUT2D eigenvalue weighted by Crippen LogP contribution is -3.11. The number of benzene rings is 2. The number of nitrogens with one attached hydrogen (secondary N) is 2. The molecule has 2 aromatic rings. The number of aryl methyl sites for hydroxylation is 1. The smallest absolute Gasteiger partial charge is 0.279 e. The summed E-state index contributed by atoms with van der Waals surface area (Å²) >= 11 is 0. The number of hydrogen-bond donors (Lipinski definition) is 2. The number of carbonyl (C=O) groups excluding carboxylic acids is 1. The number of amides is 1. The fraction of sp³-hybridized carbons (Fsp3) is 0.300. The molecule has 2 rings (SSSR count). The van der Waals surface area contributed by atoms with Gasteiger partial charge in [0.2, 0.25) is 0 Å². The fourth-order valence-corrected chi connectivity index (χ4v) is 2.78. The van der Waals surface area contributed by atoms with Crippen molar-refractivity contribution in [2.75, 3.05) is 18.4 Å². The monoisotopic (exact) mass is 322 g/mol. The molecular weight excluding hydrogens is 298 g/mol. The highest BCUT2D eigenvalue weighted by Gasteiger charge is 2.16. The largest absolute Gasteiger partial charge is 0.323 e. The van der Waals surface area contributed by atoms with Crippen LogP contribution in [-0.4, -0.2) is 19.0 Å². The third-order valence-electron chi connectivity index (χ3n) is 4.01. The Balaban J connectivity index is 2.04. The quantitative estimate of drug-likeness (QED) is 0.822. The van der Waals surface area contributed by atoms with Crippen LogP contribution in [0.3, 0.4) is 0 Å². The molecule has 0 aliphatic carbocycles. The molecule has 2 aromatic carbocycles. The van der Waals surface area contributed by atoms with Crippen molar-refractivity contribution in [2.45, 2.75) is 26.8 Å². The molecule has 0 saturated carbocycles. The Morgan fingerprint density at radius 2 is 1.88 bits per heavy atom. The normalized spacial score (nSPS) is 11.5. The van der Waals surface area contributed by atoms with Gasteiger partial charge in [-0.3, -0.25) is 4.79 Å². The molecule has 0 aliphatic heterocycles. The molecule has 0 spiro atoms. The van der Waals surface area contributed by atoms with Gasteiger partial charge >= 0.3 is 0 Å². The van der Waals surface area contributed by atoms with E-state index in [4.69, 9.17) is 0 Å². The Kier molecular flexibility index (Phi) is 6.53. The van der Waals surface area contributed by atoms with Gasteiger partial charge in [0.05, 0.1) is 18.2 Å². The zero-order valence-electron chi connectivity index (χ0n) is 14.3. The third kappa shape index (κ3) is 4.94. The lowest BCUT2D eigenvalue weighted by atomic mass is 10.1. The molecule has 0 aromatic heterocycles. The number of anilines is 1. The molecule has 0 saturated heterocycles. The molecule has 0 bridgehead atoms. The van der Waals surface area contributed by atoms with Crippen molar-refractivity contribution in [1.82, 2.24) is 0 Å². The van der Waals surface area contributed by atoms with Gasteiger partial charge in [0.1, 0.15) is 6.54 Å². The lowest BCUT2D eigenvalue weighted by molar-refractivity contribution is -0.905. The van der Waals surface area contributed by atoms with Gasteiger partial charge in [-0.05, 0) is 31.0 Å². The molecule has 0 heterocycles. The average Bonchev–Trinajstić information content (AvgIpc) is 2.57. The van der Waals surface area contributed by atoms with Crippen LogP contribution in [0.1, 0.15) is 30.0 Å². The lowest BCUT2D eigenvalue weighted by Gasteiger charge is -2.19. The summed E-state index contributed by atoms with van der Waals surface area (Å²) in [5.41, 5.74) is 3.59. The summed E-state index contributed by atoms with van der Waals surface area (Å²) in [5, 5.41) is 12.2. The number of hydrogen-bond acceptors (Lipinski definition) is 2. The Bertz CT molecular complexity index is 734. The first-order valence-corrected chi connectivity index (χ1v) is 8.31. The van der Waals surface area contributed by atoms with Crippen molar-refractivity contribution in [3.8, 4) is 6.07 Å². The number of para-hydroxylation sites is 1. The first-order valence-electron chi connectivity index (χ1n) is 8.31. The van der Waals surface area contributed by atoms with Crippen LogP contribution in [0.25, 0.3) is 0 Å². The second-order valence-electron chi connectivity index (χ2n) is 5.99. The van der Waals surface area contributed by atoms with Crippen LogP contribution < -0.4 is 10.2 Å². The van der Waals surface area contributed by atoms with E-state index in [9.17, 15) is 10.1 Å². The maximum atomic E-state index is 12.4. The molecule has 4 nitrogen and oxygen atoms in total. The van der Waals surface area contributed by atoms with Gasteiger partial charge in [0.25, 0.3) is 5.91 Å². The minimum absolute atomic E-state index is 0.00203. The maximum Gasteiger partial charge on any atom is 0.279 e. The predicted octanol–water partition coefficient (Wildman–Crippen LogP) is 2.30. The van der Waals surface area contributed by atoms with Gasteiger partial charge < -0.3 is 10.2 Å². The van der Waals surface area contributed by atoms with Gasteiger partial charge in [-0.1, -0.05) is 43.3 Å². The maximum absolute atomic E-state index is 12.4. The van der Waals surface area contributed by atoms with Gasteiger partial charge in [0, 0.05) is 11.3 Å². The minimum Gasteiger partial charge on any atom is -0.323 e. The molecule has 0 aliphatic rings. The van der Waals surface area contributed by atoms with Crippen molar-refractivity contribution in [2.24, 2.45) is 0 Å². The van der Waals surface area contributed by atoms with Crippen LogP contribution >= 0.6 is 0 Å². The topological polar surface area (TPSA) is 57.3 Å². The highest BCUT2D eigenvalue weighted by Crippen LogP contribution is 2.12. The van der Waals surface area contributed by atoms with E-state index >= 15 is 0 Å². The van der Waals surface area contributed by atoms with Crippen LogP contribution in [0.15, 0.2) is 48.5 Å². The molecule has 2 N–H and O–H groups in total. The number of quaternary nitrogens is 1. The van der Waals surface area contributed by atoms with Crippen molar-refractivity contribution >= 4 is 11.6 Å². The second kappa shape index (κ2) is 8.85. The molecule has 0 fully saturated rings. The zero-order valence-corrected chi connectivity index (χ0v) is 14.3. The summed E-state index contributed by atoms with van der Waals surface area (Å²) in [6, 6.07) is 17.6. The average molecular weight is 322 g/mol. The Hall–Kier alpha value is -2.64. The van der Waals surface area contributed by atoms with E-state index in [-0.39, 0.29) is 5.91 Å². The molecule has 1 amide bonds. The van der Waals surface area contributed by atoms with Gasteiger partial charge in [-0.25, -0.2) is 0 Å². The molecular formula is C20H24N3O+. The summed E-state index contributed by atoms with van der Waals surface area (Å²) in [6.45, 7) is 6.05. The number of rotatable bonds is 7. The number of nitriles is 1. The van der Waals surface area contributed by atoms with Gasteiger partial charge in [-0.15, -0.1) is 0 Å². The number of nitrogens with zero attached hydrogens (tertiary/aromatic N) is 1. The minimum atomic E-state index is 0.00203. The van der Waals surface area contributed by atoms with Gasteiger partial charge in [0.15, 0.2) is 6.54 Å². The van der Waals surface area contributed by atoms with E-state index in [1.807, 2.05) is 55.5 Å². The van der Waals surface area contributed by atoms with Gasteiger partial charge in [-0.2, -0.15) is 5.26 Å². The van der Waals surface area contributed by atoms with Crippen LogP contribution in [-0.2, 0) is 11.3 Å². The van der Waals surface area contributed by atoms with E-state index in [1.165, 1.54) is 0 Å². The van der Waals surface area contributed by atoms with E-state index in [1.54, 1.807) is 0 Å².